The zero-order valence-electron chi connectivity index (χ0n) is 15.4. The zero-order chi connectivity index (χ0) is 18.7. The maximum Gasteiger partial charge on any atom is 0.320 e. The average Bonchev–Trinajstić information content (AvgIpc) is 2.68. The highest BCUT2D eigenvalue weighted by molar-refractivity contribution is 5.74. The molecule has 0 radical (unpaired) electrons. The highest BCUT2D eigenvalue weighted by Gasteiger charge is 2.26. The second-order valence-corrected chi connectivity index (χ2v) is 6.19. The van der Waals surface area contributed by atoms with Crippen LogP contribution in [-0.2, 0) is 13.0 Å². The number of fused-ring (bicyclic) bond motifs is 1. The maximum absolute atomic E-state index is 12.6. The molecule has 0 spiro atoms. The van der Waals surface area contributed by atoms with Crippen molar-refractivity contribution in [2.75, 3.05) is 26.7 Å². The van der Waals surface area contributed by atoms with Gasteiger partial charge in [-0.2, -0.15) is 0 Å². The van der Waals surface area contributed by atoms with E-state index in [1.807, 2.05) is 38.1 Å². The molecule has 138 valence electrons. The van der Waals surface area contributed by atoms with Gasteiger partial charge in [0.05, 0.1) is 19.3 Å². The summed E-state index contributed by atoms with van der Waals surface area (Å²) in [6, 6.07) is 7.35. The molecule has 7 nitrogen and oxygen atoms in total. The van der Waals surface area contributed by atoms with Crippen molar-refractivity contribution in [1.82, 2.24) is 19.8 Å². The van der Waals surface area contributed by atoms with Gasteiger partial charge in [0.15, 0.2) is 0 Å². The van der Waals surface area contributed by atoms with Gasteiger partial charge in [-0.05, 0) is 44.5 Å². The first-order valence-electron chi connectivity index (χ1n) is 8.87. The van der Waals surface area contributed by atoms with Crippen molar-refractivity contribution in [3.8, 4) is 17.1 Å². The number of aromatic nitrogens is 2. The third-order valence-corrected chi connectivity index (χ3v) is 4.74. The topological polar surface area (TPSA) is 78.5 Å². The molecular formula is C19H24N4O3. The third kappa shape index (κ3) is 3.42. The number of nitrogens with one attached hydrogen (secondary N) is 1. The third-order valence-electron chi connectivity index (χ3n) is 4.74. The summed E-state index contributed by atoms with van der Waals surface area (Å²) in [6.45, 7) is 6.15. The fraction of sp³-hybridized carbons (Fsp3) is 0.421. The van der Waals surface area contributed by atoms with Gasteiger partial charge in [0.25, 0.3) is 5.56 Å². The van der Waals surface area contributed by atoms with Crippen LogP contribution in [0.15, 0.2) is 29.1 Å². The van der Waals surface area contributed by atoms with Crippen molar-refractivity contribution < 1.29 is 9.53 Å². The number of rotatable bonds is 4. The number of carbonyl (C=O) groups is 1. The van der Waals surface area contributed by atoms with E-state index in [4.69, 9.17) is 4.74 Å². The molecule has 3 rings (SSSR count). The monoisotopic (exact) mass is 356 g/mol. The van der Waals surface area contributed by atoms with Gasteiger partial charge in [-0.1, -0.05) is 0 Å². The molecule has 2 aromatic rings. The molecule has 2 heterocycles. The lowest BCUT2D eigenvalue weighted by atomic mass is 10.1. The van der Waals surface area contributed by atoms with Gasteiger partial charge in [0, 0.05) is 30.8 Å². The largest absolute Gasteiger partial charge is 0.497 e. The number of aromatic amines is 1. The number of urea groups is 1. The van der Waals surface area contributed by atoms with E-state index in [1.165, 1.54) is 0 Å². The molecule has 0 unspecified atom stereocenters. The highest BCUT2D eigenvalue weighted by Crippen LogP contribution is 2.21. The van der Waals surface area contributed by atoms with Crippen LogP contribution in [-0.4, -0.2) is 52.5 Å². The van der Waals surface area contributed by atoms with Gasteiger partial charge in [0.2, 0.25) is 0 Å². The van der Waals surface area contributed by atoms with Crippen LogP contribution in [0, 0.1) is 0 Å². The Morgan fingerprint density at radius 3 is 2.58 bits per heavy atom. The van der Waals surface area contributed by atoms with Crippen molar-refractivity contribution in [2.24, 2.45) is 0 Å². The number of benzene rings is 1. The molecule has 1 aliphatic rings. The summed E-state index contributed by atoms with van der Waals surface area (Å²) in [5.74, 6) is 1.25. The van der Waals surface area contributed by atoms with Crippen molar-refractivity contribution in [2.45, 2.75) is 26.8 Å². The fourth-order valence-corrected chi connectivity index (χ4v) is 3.18. The van der Waals surface area contributed by atoms with Crippen LogP contribution < -0.4 is 10.3 Å². The predicted molar refractivity (Wildman–Crippen MR) is 99.3 cm³/mol. The molecule has 0 saturated heterocycles. The Morgan fingerprint density at radius 2 is 1.96 bits per heavy atom. The normalized spacial score (nSPS) is 13.3. The summed E-state index contributed by atoms with van der Waals surface area (Å²) in [5.41, 5.74) is 2.02. The van der Waals surface area contributed by atoms with Gasteiger partial charge in [-0.25, -0.2) is 9.78 Å². The van der Waals surface area contributed by atoms with Crippen molar-refractivity contribution >= 4 is 6.03 Å². The number of H-pyrrole nitrogens is 1. The summed E-state index contributed by atoms with van der Waals surface area (Å²) in [6.07, 6.45) is 0.521. The minimum absolute atomic E-state index is 0.00581. The van der Waals surface area contributed by atoms with Crippen LogP contribution in [0.5, 0.6) is 5.75 Å². The van der Waals surface area contributed by atoms with E-state index in [2.05, 4.69) is 9.97 Å². The molecule has 0 bridgehead atoms. The lowest BCUT2D eigenvalue weighted by Gasteiger charge is -2.32. The van der Waals surface area contributed by atoms with Gasteiger partial charge in [-0.15, -0.1) is 0 Å². The van der Waals surface area contributed by atoms with Crippen LogP contribution in [0.2, 0.25) is 0 Å². The van der Waals surface area contributed by atoms with Gasteiger partial charge in [-0.3, -0.25) is 4.79 Å². The van der Waals surface area contributed by atoms with E-state index in [1.54, 1.807) is 16.9 Å². The molecule has 1 N–H and O–H groups in total. The number of nitrogens with zero attached hydrogens (tertiary/aromatic N) is 3. The van der Waals surface area contributed by atoms with Crippen LogP contribution in [0.4, 0.5) is 4.79 Å². The molecule has 26 heavy (non-hydrogen) atoms. The van der Waals surface area contributed by atoms with Crippen molar-refractivity contribution in [1.29, 1.82) is 0 Å². The molecule has 2 amide bonds. The quantitative estimate of drug-likeness (QED) is 0.911. The SMILES string of the molecule is CCN(CC)C(=O)N1CCc2c(nc(-c3ccc(OC)cc3)[nH]c2=O)C1. The number of carbonyl (C=O) groups excluding carboxylic acids is 1. The molecule has 0 fully saturated rings. The van der Waals surface area contributed by atoms with E-state index in [-0.39, 0.29) is 11.6 Å². The second kappa shape index (κ2) is 7.59. The van der Waals surface area contributed by atoms with Gasteiger partial charge < -0.3 is 19.5 Å². The van der Waals surface area contributed by atoms with E-state index in [0.29, 0.717) is 49.7 Å². The Labute approximate surface area is 152 Å². The van der Waals surface area contributed by atoms with Crippen LogP contribution in [0.25, 0.3) is 11.4 Å². The number of hydrogen-bond acceptors (Lipinski definition) is 4. The molecule has 1 aliphatic heterocycles. The molecule has 0 saturated carbocycles. The summed E-state index contributed by atoms with van der Waals surface area (Å²) in [4.78, 5) is 36.1. The molecule has 0 aliphatic carbocycles. The van der Waals surface area contributed by atoms with Gasteiger partial charge in [0.1, 0.15) is 11.6 Å². The Bertz CT molecular complexity index is 841. The molecule has 1 aromatic heterocycles. The van der Waals surface area contributed by atoms with Gasteiger partial charge >= 0.3 is 6.03 Å². The van der Waals surface area contributed by atoms with E-state index < -0.39 is 0 Å². The smallest absolute Gasteiger partial charge is 0.320 e. The summed E-state index contributed by atoms with van der Waals surface area (Å²) in [5, 5.41) is 0. The first-order valence-corrected chi connectivity index (χ1v) is 8.87. The molecule has 7 heteroatoms. The summed E-state index contributed by atoms with van der Waals surface area (Å²) >= 11 is 0. The first kappa shape index (κ1) is 18.0. The average molecular weight is 356 g/mol. The molecule has 1 aromatic carbocycles. The molecule has 0 atom stereocenters. The van der Waals surface area contributed by atoms with E-state index in [9.17, 15) is 9.59 Å². The minimum atomic E-state index is -0.129. The lowest BCUT2D eigenvalue weighted by Crippen LogP contribution is -2.46. The van der Waals surface area contributed by atoms with Crippen molar-refractivity contribution in [3.63, 3.8) is 0 Å². The van der Waals surface area contributed by atoms with Crippen LogP contribution >= 0.6 is 0 Å². The minimum Gasteiger partial charge on any atom is -0.497 e. The summed E-state index contributed by atoms with van der Waals surface area (Å²) < 4.78 is 5.16. The Balaban J connectivity index is 1.90. The lowest BCUT2D eigenvalue weighted by molar-refractivity contribution is 0.151. The molecular weight excluding hydrogens is 332 g/mol. The van der Waals surface area contributed by atoms with Crippen LogP contribution in [0.3, 0.4) is 0 Å². The highest BCUT2D eigenvalue weighted by atomic mass is 16.5. The predicted octanol–water partition coefficient (Wildman–Crippen LogP) is 2.27. The number of ether oxygens (including phenoxy) is 1. The zero-order valence-corrected chi connectivity index (χ0v) is 15.4. The first-order chi connectivity index (χ1) is 12.6. The standard InChI is InChI=1S/C19H24N4O3/c1-4-22(5-2)19(25)23-11-10-15-16(12-23)20-17(21-18(15)24)13-6-8-14(26-3)9-7-13/h6-9H,4-5,10-12H2,1-3H3,(H,20,21,24). The maximum atomic E-state index is 12.6. The fourth-order valence-electron chi connectivity index (χ4n) is 3.18. The Hall–Kier alpha value is -2.83. The Morgan fingerprint density at radius 1 is 1.27 bits per heavy atom. The number of amides is 2. The van der Waals surface area contributed by atoms with E-state index in [0.717, 1.165) is 11.3 Å². The number of methoxy groups -OCH3 is 1. The van der Waals surface area contributed by atoms with E-state index >= 15 is 0 Å². The van der Waals surface area contributed by atoms with Crippen molar-refractivity contribution in [3.05, 3.63) is 45.9 Å². The second-order valence-electron chi connectivity index (χ2n) is 6.19. The summed E-state index contributed by atoms with van der Waals surface area (Å²) in [7, 11) is 1.61. The number of hydrogen-bond donors (Lipinski definition) is 1. The Kier molecular flexibility index (Phi) is 5.25. The van der Waals surface area contributed by atoms with Crippen LogP contribution in [0.1, 0.15) is 25.1 Å².